The number of nitrogens with one attached hydrogen (secondary N) is 1. The van der Waals surface area contributed by atoms with Crippen LogP contribution in [0.5, 0.6) is 0 Å². The maximum Gasteiger partial charge on any atom is 0.162 e. The van der Waals surface area contributed by atoms with E-state index < -0.39 is 0 Å². The summed E-state index contributed by atoms with van der Waals surface area (Å²) in [5.74, 6) is 0.181. The molecule has 0 amide bonds. The molecule has 0 spiro atoms. The highest BCUT2D eigenvalue weighted by Crippen LogP contribution is 2.28. The molecule has 4 heteroatoms. The summed E-state index contributed by atoms with van der Waals surface area (Å²) >= 11 is 0. The zero-order valence-electron chi connectivity index (χ0n) is 17.3. The van der Waals surface area contributed by atoms with E-state index in [1.165, 1.54) is 5.56 Å². The zero-order chi connectivity index (χ0) is 20.0. The number of nitrogens with zero attached hydrogens (tertiary/aromatic N) is 1. The Kier molecular flexibility index (Phi) is 6.87. The number of ketones is 1. The van der Waals surface area contributed by atoms with Crippen LogP contribution >= 0.6 is 0 Å². The second kappa shape index (κ2) is 9.35. The Bertz CT molecular complexity index is 760. The van der Waals surface area contributed by atoms with E-state index in [2.05, 4.69) is 47.5 Å². The van der Waals surface area contributed by atoms with Crippen molar-refractivity contribution in [1.82, 2.24) is 4.90 Å². The maximum atomic E-state index is 11.8. The van der Waals surface area contributed by atoms with Crippen molar-refractivity contribution in [1.29, 1.82) is 0 Å². The Morgan fingerprint density at radius 1 is 1.18 bits per heavy atom. The summed E-state index contributed by atoms with van der Waals surface area (Å²) in [7, 11) is 1.80. The SMILES string of the molecule is CCC(=O)c1ccc(NC2CCN(CCc3ccccc3)CC2(C)OC)cc1. The van der Waals surface area contributed by atoms with Crippen molar-refractivity contribution in [2.45, 2.75) is 44.8 Å². The van der Waals surface area contributed by atoms with Crippen LogP contribution in [0.1, 0.15) is 42.6 Å². The highest BCUT2D eigenvalue weighted by Gasteiger charge is 2.39. The first kappa shape index (κ1) is 20.6. The first-order valence-electron chi connectivity index (χ1n) is 10.3. The van der Waals surface area contributed by atoms with Gasteiger partial charge in [-0.15, -0.1) is 0 Å². The standard InChI is InChI=1S/C24H32N2O2/c1-4-22(27)20-10-12-21(13-11-20)25-23-15-17-26(18-24(23,2)28-3)16-14-19-8-6-5-7-9-19/h5-13,23,25H,4,14-18H2,1-3H3. The van der Waals surface area contributed by atoms with Crippen LogP contribution < -0.4 is 5.32 Å². The molecular formula is C24H32N2O2. The highest BCUT2D eigenvalue weighted by molar-refractivity contribution is 5.96. The van der Waals surface area contributed by atoms with Crippen molar-refractivity contribution in [2.24, 2.45) is 0 Å². The summed E-state index contributed by atoms with van der Waals surface area (Å²) in [6.45, 7) is 7.08. The second-order valence-corrected chi connectivity index (χ2v) is 7.87. The van der Waals surface area contributed by atoms with Crippen molar-refractivity contribution in [2.75, 3.05) is 32.1 Å². The Morgan fingerprint density at radius 3 is 2.54 bits per heavy atom. The molecule has 150 valence electrons. The molecule has 3 rings (SSSR count). The van der Waals surface area contributed by atoms with Crippen LogP contribution in [-0.2, 0) is 11.2 Å². The number of benzene rings is 2. The van der Waals surface area contributed by atoms with Crippen LogP contribution in [0, 0.1) is 0 Å². The van der Waals surface area contributed by atoms with Gasteiger partial charge in [-0.1, -0.05) is 37.3 Å². The van der Waals surface area contributed by atoms with Crippen LogP contribution in [0.15, 0.2) is 54.6 Å². The first-order chi connectivity index (χ1) is 13.5. The summed E-state index contributed by atoms with van der Waals surface area (Å²) in [5, 5.41) is 3.64. The number of anilines is 1. The summed E-state index contributed by atoms with van der Waals surface area (Å²) in [6.07, 6.45) is 2.62. The van der Waals surface area contributed by atoms with Crippen molar-refractivity contribution in [3.63, 3.8) is 0 Å². The van der Waals surface area contributed by atoms with Gasteiger partial charge in [-0.2, -0.15) is 0 Å². The highest BCUT2D eigenvalue weighted by atomic mass is 16.5. The molecule has 1 heterocycles. The largest absolute Gasteiger partial charge is 0.379 e. The Labute approximate surface area is 168 Å². The number of hydrogen-bond acceptors (Lipinski definition) is 4. The molecule has 2 aromatic carbocycles. The number of ether oxygens (including phenoxy) is 1. The summed E-state index contributed by atoms with van der Waals surface area (Å²) < 4.78 is 5.97. The van der Waals surface area contributed by atoms with Gasteiger partial charge in [0.1, 0.15) is 0 Å². The molecule has 2 atom stereocenters. The van der Waals surface area contributed by atoms with Crippen molar-refractivity contribution >= 4 is 11.5 Å². The van der Waals surface area contributed by atoms with Gasteiger partial charge in [0.15, 0.2) is 5.78 Å². The van der Waals surface area contributed by atoms with E-state index >= 15 is 0 Å². The molecule has 1 aliphatic rings. The molecule has 4 nitrogen and oxygen atoms in total. The minimum absolute atomic E-state index is 0.181. The molecule has 1 saturated heterocycles. The Hall–Kier alpha value is -2.17. The molecule has 1 fully saturated rings. The van der Waals surface area contributed by atoms with Crippen molar-refractivity contribution < 1.29 is 9.53 Å². The smallest absolute Gasteiger partial charge is 0.162 e. The monoisotopic (exact) mass is 380 g/mol. The predicted molar refractivity (Wildman–Crippen MR) is 115 cm³/mol. The molecule has 0 aliphatic carbocycles. The quantitative estimate of drug-likeness (QED) is 0.689. The summed E-state index contributed by atoms with van der Waals surface area (Å²) in [6, 6.07) is 18.7. The molecule has 28 heavy (non-hydrogen) atoms. The maximum absolute atomic E-state index is 11.8. The molecule has 2 aromatic rings. The number of carbonyl (C=O) groups excluding carboxylic acids is 1. The lowest BCUT2D eigenvalue weighted by Gasteiger charge is -2.46. The fourth-order valence-corrected chi connectivity index (χ4v) is 3.96. The van der Waals surface area contributed by atoms with Crippen LogP contribution in [0.2, 0.25) is 0 Å². The normalized spacial score (nSPS) is 22.8. The fourth-order valence-electron chi connectivity index (χ4n) is 3.96. The minimum atomic E-state index is -0.257. The minimum Gasteiger partial charge on any atom is -0.379 e. The number of carbonyl (C=O) groups is 1. The number of piperidine rings is 1. The summed E-state index contributed by atoms with van der Waals surface area (Å²) in [4.78, 5) is 14.3. The van der Waals surface area contributed by atoms with E-state index in [0.29, 0.717) is 6.42 Å². The third-order valence-corrected chi connectivity index (χ3v) is 5.90. The Morgan fingerprint density at radius 2 is 1.89 bits per heavy atom. The fraction of sp³-hybridized carbons (Fsp3) is 0.458. The average Bonchev–Trinajstić information content (AvgIpc) is 2.74. The lowest BCUT2D eigenvalue weighted by molar-refractivity contribution is -0.0590. The van der Waals surface area contributed by atoms with E-state index in [9.17, 15) is 4.79 Å². The average molecular weight is 381 g/mol. The van der Waals surface area contributed by atoms with Crippen LogP contribution in [0.25, 0.3) is 0 Å². The van der Waals surface area contributed by atoms with Crippen molar-refractivity contribution in [3.8, 4) is 0 Å². The van der Waals surface area contributed by atoms with Crippen LogP contribution in [0.3, 0.4) is 0 Å². The third-order valence-electron chi connectivity index (χ3n) is 5.90. The number of Topliss-reactive ketones (excluding diaryl/α,β-unsaturated/α-hetero) is 1. The van der Waals surface area contributed by atoms with E-state index in [0.717, 1.165) is 43.7 Å². The van der Waals surface area contributed by atoms with Gasteiger partial charge < -0.3 is 10.1 Å². The number of methoxy groups -OCH3 is 1. The van der Waals surface area contributed by atoms with Crippen LogP contribution in [-0.4, -0.2) is 49.1 Å². The van der Waals surface area contributed by atoms with Gasteiger partial charge in [-0.3, -0.25) is 9.69 Å². The van der Waals surface area contributed by atoms with Gasteiger partial charge in [0, 0.05) is 44.4 Å². The van der Waals surface area contributed by atoms with Crippen molar-refractivity contribution in [3.05, 3.63) is 65.7 Å². The molecule has 1 aliphatic heterocycles. The third kappa shape index (κ3) is 5.00. The van der Waals surface area contributed by atoms with E-state index in [1.54, 1.807) is 7.11 Å². The molecule has 0 saturated carbocycles. The van der Waals surface area contributed by atoms with Gasteiger partial charge in [-0.05, 0) is 49.6 Å². The van der Waals surface area contributed by atoms with E-state index in [-0.39, 0.29) is 17.4 Å². The van der Waals surface area contributed by atoms with Gasteiger partial charge in [0.2, 0.25) is 0 Å². The molecular weight excluding hydrogens is 348 g/mol. The Balaban J connectivity index is 1.59. The lowest BCUT2D eigenvalue weighted by atomic mass is 9.88. The molecule has 0 radical (unpaired) electrons. The summed E-state index contributed by atoms with van der Waals surface area (Å²) in [5.41, 5.74) is 2.94. The lowest BCUT2D eigenvalue weighted by Crippen LogP contribution is -2.59. The number of hydrogen-bond donors (Lipinski definition) is 1. The van der Waals surface area contributed by atoms with Gasteiger partial charge in [0.05, 0.1) is 11.6 Å². The predicted octanol–water partition coefficient (Wildman–Crippen LogP) is 4.41. The molecule has 2 unspecified atom stereocenters. The van der Waals surface area contributed by atoms with E-state index in [1.807, 2.05) is 31.2 Å². The van der Waals surface area contributed by atoms with Gasteiger partial charge in [-0.25, -0.2) is 0 Å². The molecule has 0 bridgehead atoms. The number of rotatable bonds is 8. The van der Waals surface area contributed by atoms with Gasteiger partial charge >= 0.3 is 0 Å². The molecule has 1 N–H and O–H groups in total. The zero-order valence-corrected chi connectivity index (χ0v) is 17.3. The topological polar surface area (TPSA) is 41.6 Å². The van der Waals surface area contributed by atoms with E-state index in [4.69, 9.17) is 4.74 Å². The second-order valence-electron chi connectivity index (χ2n) is 7.87. The number of likely N-dealkylation sites (tertiary alicyclic amines) is 1. The molecule has 0 aromatic heterocycles. The van der Waals surface area contributed by atoms with Gasteiger partial charge in [0.25, 0.3) is 0 Å². The van der Waals surface area contributed by atoms with Crippen LogP contribution in [0.4, 0.5) is 5.69 Å². The first-order valence-corrected chi connectivity index (χ1v) is 10.3.